The molecule has 2 unspecified atom stereocenters. The lowest BCUT2D eigenvalue weighted by Crippen LogP contribution is -2.24. The first-order valence-corrected chi connectivity index (χ1v) is 7.01. The van der Waals surface area contributed by atoms with Crippen LogP contribution in [0, 0.1) is 0 Å². The van der Waals surface area contributed by atoms with Gasteiger partial charge >= 0.3 is 0 Å². The van der Waals surface area contributed by atoms with Gasteiger partial charge in [0.1, 0.15) is 30.3 Å². The van der Waals surface area contributed by atoms with E-state index in [1.54, 1.807) is 0 Å². The minimum atomic E-state index is -0.634. The Morgan fingerprint density at radius 2 is 1.85 bits per heavy atom. The fourth-order valence-electron chi connectivity index (χ4n) is 1.59. The van der Waals surface area contributed by atoms with Gasteiger partial charge in [-0.25, -0.2) is 0 Å². The fourth-order valence-corrected chi connectivity index (χ4v) is 1.59. The van der Waals surface area contributed by atoms with E-state index >= 15 is 0 Å². The van der Waals surface area contributed by atoms with Gasteiger partial charge in [0.25, 0.3) is 0 Å². The molecule has 1 heterocycles. The van der Waals surface area contributed by atoms with Crippen molar-refractivity contribution in [2.24, 2.45) is 0 Å². The van der Waals surface area contributed by atoms with Crippen LogP contribution < -0.4 is 9.47 Å². The van der Waals surface area contributed by atoms with Crippen molar-refractivity contribution >= 4 is 0 Å². The molecule has 1 aliphatic rings. The van der Waals surface area contributed by atoms with E-state index in [0.29, 0.717) is 19.0 Å². The molecule has 0 aromatic heterocycles. The third-order valence-corrected chi connectivity index (χ3v) is 2.76. The summed E-state index contributed by atoms with van der Waals surface area (Å²) in [6.45, 7) is 4.55. The third kappa shape index (κ3) is 5.77. The molecular formula is C15H22O5. The molecule has 1 N–H and O–H groups in total. The maximum absolute atomic E-state index is 9.70. The van der Waals surface area contributed by atoms with E-state index in [9.17, 15) is 5.11 Å². The van der Waals surface area contributed by atoms with Crippen LogP contribution in [0.1, 0.15) is 13.3 Å². The van der Waals surface area contributed by atoms with Gasteiger partial charge in [0.2, 0.25) is 0 Å². The molecular weight excluding hydrogens is 260 g/mol. The predicted octanol–water partition coefficient (Wildman–Crippen LogP) is 1.63. The van der Waals surface area contributed by atoms with Crippen molar-refractivity contribution in [1.29, 1.82) is 0 Å². The zero-order valence-electron chi connectivity index (χ0n) is 11.8. The third-order valence-electron chi connectivity index (χ3n) is 2.76. The summed E-state index contributed by atoms with van der Waals surface area (Å²) in [6, 6.07) is 7.38. The normalized spacial score (nSPS) is 18.6. The van der Waals surface area contributed by atoms with E-state index < -0.39 is 6.10 Å². The molecule has 20 heavy (non-hydrogen) atoms. The Labute approximate surface area is 119 Å². The van der Waals surface area contributed by atoms with Crippen LogP contribution in [0.2, 0.25) is 0 Å². The lowest BCUT2D eigenvalue weighted by Gasteiger charge is -2.13. The van der Waals surface area contributed by atoms with E-state index in [1.807, 2.05) is 24.3 Å². The van der Waals surface area contributed by atoms with Crippen LogP contribution in [0.4, 0.5) is 0 Å². The van der Waals surface area contributed by atoms with Crippen LogP contribution in [-0.2, 0) is 9.47 Å². The molecule has 2 atom stereocenters. The highest BCUT2D eigenvalue weighted by molar-refractivity contribution is 5.31. The maximum Gasteiger partial charge on any atom is 0.119 e. The molecule has 1 fully saturated rings. The van der Waals surface area contributed by atoms with Gasteiger partial charge < -0.3 is 24.1 Å². The highest BCUT2D eigenvalue weighted by Gasteiger charge is 2.22. The fraction of sp³-hybridized carbons (Fsp3) is 0.600. The molecule has 0 saturated carbocycles. The van der Waals surface area contributed by atoms with Gasteiger partial charge in [-0.15, -0.1) is 0 Å². The molecule has 5 nitrogen and oxygen atoms in total. The minimum Gasteiger partial charge on any atom is -0.494 e. The zero-order valence-corrected chi connectivity index (χ0v) is 11.8. The van der Waals surface area contributed by atoms with Crippen LogP contribution in [0.3, 0.4) is 0 Å². The number of epoxide rings is 1. The van der Waals surface area contributed by atoms with E-state index in [0.717, 1.165) is 18.8 Å². The molecule has 112 valence electrons. The Morgan fingerprint density at radius 3 is 2.45 bits per heavy atom. The monoisotopic (exact) mass is 282 g/mol. The second kappa shape index (κ2) is 8.09. The van der Waals surface area contributed by atoms with Crippen molar-refractivity contribution in [1.82, 2.24) is 0 Å². The average molecular weight is 282 g/mol. The number of hydrogen-bond donors (Lipinski definition) is 1. The number of hydrogen-bond acceptors (Lipinski definition) is 5. The van der Waals surface area contributed by atoms with Gasteiger partial charge in [0.15, 0.2) is 0 Å². The first-order chi connectivity index (χ1) is 9.78. The van der Waals surface area contributed by atoms with Gasteiger partial charge in [-0.3, -0.25) is 0 Å². The molecule has 0 radical (unpaired) electrons. The second-order valence-corrected chi connectivity index (χ2v) is 4.78. The van der Waals surface area contributed by atoms with Crippen LogP contribution in [-0.4, -0.2) is 50.3 Å². The number of ether oxygens (including phenoxy) is 4. The molecule has 0 bridgehead atoms. The van der Waals surface area contributed by atoms with Crippen molar-refractivity contribution < 1.29 is 24.1 Å². The summed E-state index contributed by atoms with van der Waals surface area (Å²) in [7, 11) is 0. The van der Waals surface area contributed by atoms with Gasteiger partial charge in [0.05, 0.1) is 26.4 Å². The molecule has 1 aromatic rings. The zero-order chi connectivity index (χ0) is 14.2. The summed E-state index contributed by atoms with van der Waals surface area (Å²) >= 11 is 0. The Bertz CT molecular complexity index is 374. The van der Waals surface area contributed by atoms with Gasteiger partial charge in [0, 0.05) is 0 Å². The molecule has 5 heteroatoms. The molecule has 1 aromatic carbocycles. The van der Waals surface area contributed by atoms with E-state index in [2.05, 4.69) is 6.92 Å². The molecule has 2 rings (SSSR count). The summed E-state index contributed by atoms with van der Waals surface area (Å²) in [5.74, 6) is 1.53. The van der Waals surface area contributed by atoms with Crippen molar-refractivity contribution in [3.05, 3.63) is 24.3 Å². The highest BCUT2D eigenvalue weighted by atomic mass is 16.6. The highest BCUT2D eigenvalue weighted by Crippen LogP contribution is 2.18. The first kappa shape index (κ1) is 15.1. The molecule has 0 amide bonds. The number of aliphatic hydroxyl groups excluding tert-OH is 1. The topological polar surface area (TPSA) is 60.5 Å². The summed E-state index contributed by atoms with van der Waals surface area (Å²) < 4.78 is 21.3. The van der Waals surface area contributed by atoms with Crippen LogP contribution in [0.25, 0.3) is 0 Å². The molecule has 1 saturated heterocycles. The van der Waals surface area contributed by atoms with E-state index in [-0.39, 0.29) is 19.3 Å². The standard InChI is InChI=1S/C15H22O5/c1-2-7-18-13-3-5-14(6-4-13)19-9-12(16)8-17-10-15-11-20-15/h3-6,12,15-16H,2,7-11H2,1H3. The Balaban J connectivity index is 1.61. The lowest BCUT2D eigenvalue weighted by molar-refractivity contribution is 0.00760. The summed E-state index contributed by atoms with van der Waals surface area (Å²) in [5.41, 5.74) is 0. The minimum absolute atomic E-state index is 0.209. The molecule has 0 aliphatic carbocycles. The number of rotatable bonds is 10. The Kier molecular flexibility index (Phi) is 6.11. The predicted molar refractivity (Wildman–Crippen MR) is 74.3 cm³/mol. The van der Waals surface area contributed by atoms with Crippen LogP contribution >= 0.6 is 0 Å². The van der Waals surface area contributed by atoms with Gasteiger partial charge in [-0.1, -0.05) is 6.92 Å². The largest absolute Gasteiger partial charge is 0.494 e. The van der Waals surface area contributed by atoms with Gasteiger partial charge in [-0.2, -0.15) is 0 Å². The average Bonchev–Trinajstić information content (AvgIpc) is 3.28. The summed E-state index contributed by atoms with van der Waals surface area (Å²) in [6.07, 6.45) is 0.569. The molecule has 0 spiro atoms. The lowest BCUT2D eigenvalue weighted by atomic mass is 10.3. The van der Waals surface area contributed by atoms with Crippen molar-refractivity contribution in [2.75, 3.05) is 33.0 Å². The number of benzene rings is 1. The summed E-state index contributed by atoms with van der Waals surface area (Å²) in [4.78, 5) is 0. The van der Waals surface area contributed by atoms with Crippen LogP contribution in [0.5, 0.6) is 11.5 Å². The van der Waals surface area contributed by atoms with Crippen molar-refractivity contribution in [2.45, 2.75) is 25.6 Å². The van der Waals surface area contributed by atoms with Crippen molar-refractivity contribution in [3.63, 3.8) is 0 Å². The number of aliphatic hydroxyl groups is 1. The smallest absolute Gasteiger partial charge is 0.119 e. The van der Waals surface area contributed by atoms with E-state index in [4.69, 9.17) is 18.9 Å². The summed E-state index contributed by atoms with van der Waals surface area (Å²) in [5, 5.41) is 9.70. The first-order valence-electron chi connectivity index (χ1n) is 7.01. The van der Waals surface area contributed by atoms with Gasteiger partial charge in [-0.05, 0) is 30.7 Å². The Morgan fingerprint density at radius 1 is 1.20 bits per heavy atom. The second-order valence-electron chi connectivity index (χ2n) is 4.78. The van der Waals surface area contributed by atoms with Crippen molar-refractivity contribution in [3.8, 4) is 11.5 Å². The SMILES string of the molecule is CCCOc1ccc(OCC(O)COCC2CO2)cc1. The quantitative estimate of drug-likeness (QED) is 0.661. The van der Waals surface area contributed by atoms with E-state index in [1.165, 1.54) is 0 Å². The molecule has 1 aliphatic heterocycles. The maximum atomic E-state index is 9.70. The Hall–Kier alpha value is -1.30. The van der Waals surface area contributed by atoms with Crippen LogP contribution in [0.15, 0.2) is 24.3 Å².